The number of hydrogen-bond donors (Lipinski definition) is 1. The van der Waals surface area contributed by atoms with Crippen LogP contribution >= 0.6 is 11.6 Å². The minimum atomic E-state index is -3.52. The van der Waals surface area contributed by atoms with Gasteiger partial charge in [-0.25, -0.2) is 4.79 Å². The van der Waals surface area contributed by atoms with Crippen molar-refractivity contribution in [3.05, 3.63) is 34.9 Å². The van der Waals surface area contributed by atoms with Gasteiger partial charge in [-0.2, -0.15) is 8.42 Å². The maximum atomic E-state index is 12.0. The lowest BCUT2D eigenvalue weighted by molar-refractivity contribution is 0.0498. The van der Waals surface area contributed by atoms with Gasteiger partial charge in [0.15, 0.2) is 0 Å². The summed E-state index contributed by atoms with van der Waals surface area (Å²) < 4.78 is 32.1. The van der Waals surface area contributed by atoms with Crippen LogP contribution in [0.15, 0.2) is 24.3 Å². The summed E-state index contributed by atoms with van der Waals surface area (Å²) in [6.07, 6.45) is 1.27. The SMILES string of the molecule is CC(C)(C)OC(=O)N[C@H](CCOS(C)(=O)=O)Cc1ccc(Cl)cc1. The van der Waals surface area contributed by atoms with E-state index in [2.05, 4.69) is 5.32 Å². The third-order valence-electron chi connectivity index (χ3n) is 2.88. The molecule has 1 amide bonds. The van der Waals surface area contributed by atoms with E-state index >= 15 is 0 Å². The lowest BCUT2D eigenvalue weighted by Gasteiger charge is -2.23. The van der Waals surface area contributed by atoms with Gasteiger partial charge in [-0.05, 0) is 51.3 Å². The zero-order valence-corrected chi connectivity index (χ0v) is 15.9. The Bertz CT molecular complexity index is 637. The Kier molecular flexibility index (Phi) is 7.51. The number of benzene rings is 1. The summed E-state index contributed by atoms with van der Waals surface area (Å²) in [5.41, 5.74) is 0.345. The molecule has 1 aromatic rings. The molecule has 0 heterocycles. The molecule has 6 nitrogen and oxygen atoms in total. The molecule has 0 bridgehead atoms. The molecular formula is C16H24ClNO5S. The first kappa shape index (κ1) is 20.7. The van der Waals surface area contributed by atoms with E-state index in [-0.39, 0.29) is 12.6 Å². The summed E-state index contributed by atoms with van der Waals surface area (Å²) in [5.74, 6) is 0. The number of hydrogen-bond acceptors (Lipinski definition) is 5. The van der Waals surface area contributed by atoms with E-state index in [1.54, 1.807) is 32.9 Å². The average Bonchev–Trinajstić information content (AvgIpc) is 2.37. The maximum Gasteiger partial charge on any atom is 0.407 e. The predicted molar refractivity (Wildman–Crippen MR) is 93.7 cm³/mol. The second-order valence-electron chi connectivity index (χ2n) is 6.49. The summed E-state index contributed by atoms with van der Waals surface area (Å²) in [7, 11) is -3.52. The molecule has 0 aliphatic carbocycles. The summed E-state index contributed by atoms with van der Waals surface area (Å²) in [6, 6.07) is 6.89. The predicted octanol–water partition coefficient (Wildman–Crippen LogP) is 3.14. The first-order valence-corrected chi connectivity index (χ1v) is 9.72. The number of amides is 1. The third kappa shape index (κ3) is 9.75. The fourth-order valence-corrected chi connectivity index (χ4v) is 2.47. The highest BCUT2D eigenvalue weighted by Gasteiger charge is 2.20. The zero-order chi connectivity index (χ0) is 18.4. The van der Waals surface area contributed by atoms with Gasteiger partial charge in [0.25, 0.3) is 10.1 Å². The minimum Gasteiger partial charge on any atom is -0.444 e. The molecule has 0 unspecified atom stereocenters. The molecule has 0 aromatic heterocycles. The molecule has 0 fully saturated rings. The molecule has 136 valence electrons. The number of carbonyl (C=O) groups excluding carboxylic acids is 1. The molecule has 1 aromatic carbocycles. The Balaban J connectivity index is 2.70. The van der Waals surface area contributed by atoms with Crippen molar-refractivity contribution in [3.63, 3.8) is 0 Å². The molecule has 1 atom stereocenters. The van der Waals surface area contributed by atoms with Gasteiger partial charge in [-0.15, -0.1) is 0 Å². The normalized spacial score (nSPS) is 13.4. The Morgan fingerprint density at radius 3 is 2.33 bits per heavy atom. The topological polar surface area (TPSA) is 81.7 Å². The van der Waals surface area contributed by atoms with E-state index < -0.39 is 21.8 Å². The molecule has 8 heteroatoms. The highest BCUT2D eigenvalue weighted by atomic mass is 35.5. The smallest absolute Gasteiger partial charge is 0.407 e. The largest absolute Gasteiger partial charge is 0.444 e. The van der Waals surface area contributed by atoms with Crippen LogP contribution in [0.2, 0.25) is 5.02 Å². The second-order valence-corrected chi connectivity index (χ2v) is 8.57. The molecule has 24 heavy (non-hydrogen) atoms. The highest BCUT2D eigenvalue weighted by molar-refractivity contribution is 7.85. The van der Waals surface area contributed by atoms with Crippen LogP contribution in [-0.2, 0) is 25.5 Å². The highest BCUT2D eigenvalue weighted by Crippen LogP contribution is 2.13. The van der Waals surface area contributed by atoms with Crippen LogP contribution in [0.1, 0.15) is 32.8 Å². The average molecular weight is 378 g/mol. The standard InChI is InChI=1S/C16H24ClNO5S/c1-16(2,3)23-15(19)18-14(9-10-22-24(4,20)21)11-12-5-7-13(17)8-6-12/h5-8,14H,9-11H2,1-4H3,(H,18,19)/t14-/m1/s1. The maximum absolute atomic E-state index is 12.0. The molecule has 0 saturated carbocycles. The quantitative estimate of drug-likeness (QED) is 0.738. The van der Waals surface area contributed by atoms with Crippen molar-refractivity contribution < 1.29 is 22.1 Å². The fourth-order valence-electron chi connectivity index (χ4n) is 1.95. The van der Waals surface area contributed by atoms with Gasteiger partial charge in [0.1, 0.15) is 5.60 Å². The van der Waals surface area contributed by atoms with E-state index in [1.165, 1.54) is 0 Å². The molecular weight excluding hydrogens is 354 g/mol. The monoisotopic (exact) mass is 377 g/mol. The molecule has 1 rings (SSSR count). The van der Waals surface area contributed by atoms with E-state index in [0.29, 0.717) is 17.9 Å². The third-order valence-corrected chi connectivity index (χ3v) is 3.73. The van der Waals surface area contributed by atoms with Crippen LogP contribution in [0.25, 0.3) is 0 Å². The van der Waals surface area contributed by atoms with E-state index in [4.69, 9.17) is 20.5 Å². The molecule has 0 aliphatic rings. The van der Waals surface area contributed by atoms with E-state index in [9.17, 15) is 13.2 Å². The van der Waals surface area contributed by atoms with Crippen molar-refractivity contribution in [1.29, 1.82) is 0 Å². The van der Waals surface area contributed by atoms with Crippen molar-refractivity contribution in [2.45, 2.75) is 45.3 Å². The van der Waals surface area contributed by atoms with E-state index in [0.717, 1.165) is 11.8 Å². The van der Waals surface area contributed by atoms with Crippen LogP contribution in [-0.4, -0.2) is 39.0 Å². The summed E-state index contributed by atoms with van der Waals surface area (Å²) in [4.78, 5) is 12.0. The van der Waals surface area contributed by atoms with Gasteiger partial charge in [0, 0.05) is 11.1 Å². The van der Waals surface area contributed by atoms with Crippen LogP contribution in [0.5, 0.6) is 0 Å². The summed E-state index contributed by atoms with van der Waals surface area (Å²) >= 11 is 5.86. The number of carbonyl (C=O) groups is 1. The van der Waals surface area contributed by atoms with Crippen molar-refractivity contribution in [2.24, 2.45) is 0 Å². The fraction of sp³-hybridized carbons (Fsp3) is 0.562. The lowest BCUT2D eigenvalue weighted by atomic mass is 10.0. The Morgan fingerprint density at radius 2 is 1.83 bits per heavy atom. The van der Waals surface area contributed by atoms with Crippen LogP contribution in [0.4, 0.5) is 4.79 Å². The second kappa shape index (κ2) is 8.69. The van der Waals surface area contributed by atoms with Gasteiger partial charge in [0.2, 0.25) is 0 Å². The molecule has 0 radical (unpaired) electrons. The molecule has 0 spiro atoms. The van der Waals surface area contributed by atoms with Gasteiger partial charge in [-0.1, -0.05) is 23.7 Å². The van der Waals surface area contributed by atoms with Crippen LogP contribution in [0, 0.1) is 0 Å². The molecule has 0 aliphatic heterocycles. The van der Waals surface area contributed by atoms with Crippen molar-refractivity contribution in [2.75, 3.05) is 12.9 Å². The zero-order valence-electron chi connectivity index (χ0n) is 14.3. The number of ether oxygens (including phenoxy) is 1. The molecule has 1 N–H and O–H groups in total. The van der Waals surface area contributed by atoms with Gasteiger partial charge in [0.05, 0.1) is 12.9 Å². The summed E-state index contributed by atoms with van der Waals surface area (Å²) in [6.45, 7) is 5.29. The first-order valence-electron chi connectivity index (χ1n) is 7.53. The number of halogens is 1. The molecule has 0 saturated heterocycles. The number of rotatable bonds is 7. The van der Waals surface area contributed by atoms with Gasteiger partial charge >= 0.3 is 6.09 Å². The lowest BCUT2D eigenvalue weighted by Crippen LogP contribution is -2.41. The van der Waals surface area contributed by atoms with Crippen molar-refractivity contribution in [1.82, 2.24) is 5.32 Å². The minimum absolute atomic E-state index is 0.0209. The van der Waals surface area contributed by atoms with Crippen molar-refractivity contribution >= 4 is 27.8 Å². The van der Waals surface area contributed by atoms with Crippen LogP contribution in [0.3, 0.4) is 0 Å². The van der Waals surface area contributed by atoms with Crippen LogP contribution < -0.4 is 5.32 Å². The van der Waals surface area contributed by atoms with Gasteiger partial charge < -0.3 is 10.1 Å². The summed E-state index contributed by atoms with van der Waals surface area (Å²) in [5, 5.41) is 3.38. The number of alkyl carbamates (subject to hydrolysis) is 1. The van der Waals surface area contributed by atoms with E-state index in [1.807, 2.05) is 12.1 Å². The Hall–Kier alpha value is -1.31. The van der Waals surface area contributed by atoms with Gasteiger partial charge in [-0.3, -0.25) is 4.18 Å². The first-order chi connectivity index (χ1) is 10.9. The number of nitrogens with one attached hydrogen (secondary N) is 1. The Labute approximate surface area is 148 Å². The Morgan fingerprint density at radius 1 is 1.25 bits per heavy atom. The van der Waals surface area contributed by atoms with Crippen molar-refractivity contribution in [3.8, 4) is 0 Å².